The van der Waals surface area contributed by atoms with Gasteiger partial charge in [0.1, 0.15) is 6.07 Å². The fraction of sp³-hybridized carbons (Fsp3) is 0. The van der Waals surface area contributed by atoms with Crippen LogP contribution in [0.2, 0.25) is 0 Å². The Labute approximate surface area is 152 Å². The average molecular weight is 339 g/mol. The number of carbonyl (C=O) groups excluding carboxylic acids is 1. The van der Waals surface area contributed by atoms with E-state index in [2.05, 4.69) is 11.4 Å². The molecule has 0 fully saturated rings. The average Bonchev–Trinajstić information content (AvgIpc) is 2.68. The SMILES string of the molecule is N#Cc1ccc(-c2ccccc2)cc1NC(=O)/C=C/c1ccc(N)cc1. The molecule has 0 heterocycles. The fourth-order valence-electron chi connectivity index (χ4n) is 2.51. The number of amides is 1. The maximum Gasteiger partial charge on any atom is 0.248 e. The van der Waals surface area contributed by atoms with Crippen molar-refractivity contribution in [3.8, 4) is 17.2 Å². The summed E-state index contributed by atoms with van der Waals surface area (Å²) in [4.78, 5) is 12.2. The van der Waals surface area contributed by atoms with Crippen molar-refractivity contribution in [2.24, 2.45) is 0 Å². The second-order valence-corrected chi connectivity index (χ2v) is 5.73. The van der Waals surface area contributed by atoms with Gasteiger partial charge in [-0.25, -0.2) is 0 Å². The zero-order valence-electron chi connectivity index (χ0n) is 14.0. The molecule has 1 amide bonds. The van der Waals surface area contributed by atoms with Gasteiger partial charge in [0.2, 0.25) is 5.91 Å². The highest BCUT2D eigenvalue weighted by atomic mass is 16.1. The van der Waals surface area contributed by atoms with Crippen LogP contribution < -0.4 is 11.1 Å². The van der Waals surface area contributed by atoms with Gasteiger partial charge in [-0.3, -0.25) is 4.79 Å². The molecule has 0 atom stereocenters. The van der Waals surface area contributed by atoms with E-state index in [0.29, 0.717) is 16.9 Å². The first-order chi connectivity index (χ1) is 12.7. The molecule has 26 heavy (non-hydrogen) atoms. The van der Waals surface area contributed by atoms with Crippen LogP contribution in [0.4, 0.5) is 11.4 Å². The lowest BCUT2D eigenvalue weighted by molar-refractivity contribution is -0.111. The van der Waals surface area contributed by atoms with Crippen molar-refractivity contribution in [1.29, 1.82) is 5.26 Å². The van der Waals surface area contributed by atoms with Crippen LogP contribution in [0.25, 0.3) is 17.2 Å². The molecule has 0 aliphatic rings. The third-order valence-electron chi connectivity index (χ3n) is 3.87. The largest absolute Gasteiger partial charge is 0.399 e. The van der Waals surface area contributed by atoms with Gasteiger partial charge in [-0.2, -0.15) is 5.26 Å². The van der Waals surface area contributed by atoms with Gasteiger partial charge in [0, 0.05) is 11.8 Å². The lowest BCUT2D eigenvalue weighted by Crippen LogP contribution is -2.09. The summed E-state index contributed by atoms with van der Waals surface area (Å²) in [7, 11) is 0. The van der Waals surface area contributed by atoms with Gasteiger partial charge in [0.25, 0.3) is 0 Å². The summed E-state index contributed by atoms with van der Waals surface area (Å²) in [6, 6.07) is 24.5. The van der Waals surface area contributed by atoms with Crippen LogP contribution in [0.5, 0.6) is 0 Å². The Hall–Kier alpha value is -3.84. The molecule has 0 aliphatic heterocycles. The van der Waals surface area contributed by atoms with Gasteiger partial charge >= 0.3 is 0 Å². The number of nitriles is 1. The van der Waals surface area contributed by atoms with E-state index in [1.165, 1.54) is 6.08 Å². The summed E-state index contributed by atoms with van der Waals surface area (Å²) in [5.74, 6) is -0.302. The minimum absolute atomic E-state index is 0.302. The minimum atomic E-state index is -0.302. The third kappa shape index (κ3) is 4.16. The number of anilines is 2. The van der Waals surface area contributed by atoms with E-state index in [1.807, 2.05) is 54.6 Å². The van der Waals surface area contributed by atoms with E-state index in [4.69, 9.17) is 5.73 Å². The van der Waals surface area contributed by atoms with Gasteiger partial charge in [-0.1, -0.05) is 48.5 Å². The Morgan fingerprint density at radius 1 is 0.962 bits per heavy atom. The first-order valence-electron chi connectivity index (χ1n) is 8.10. The Balaban J connectivity index is 1.80. The molecule has 0 bridgehead atoms. The van der Waals surface area contributed by atoms with Crippen molar-refractivity contribution in [3.63, 3.8) is 0 Å². The molecule has 3 aromatic carbocycles. The molecule has 0 aromatic heterocycles. The van der Waals surface area contributed by atoms with Crippen LogP contribution in [0.3, 0.4) is 0 Å². The Morgan fingerprint density at radius 3 is 2.38 bits per heavy atom. The van der Waals surface area contributed by atoms with E-state index in [9.17, 15) is 10.1 Å². The smallest absolute Gasteiger partial charge is 0.248 e. The predicted molar refractivity (Wildman–Crippen MR) is 105 cm³/mol. The van der Waals surface area contributed by atoms with Crippen molar-refractivity contribution in [3.05, 3.63) is 90.0 Å². The maximum absolute atomic E-state index is 12.2. The maximum atomic E-state index is 12.2. The minimum Gasteiger partial charge on any atom is -0.399 e. The molecule has 0 saturated carbocycles. The highest BCUT2D eigenvalue weighted by molar-refractivity contribution is 6.03. The number of carbonyl (C=O) groups is 1. The topological polar surface area (TPSA) is 78.9 Å². The molecule has 0 aliphatic carbocycles. The predicted octanol–water partition coefficient (Wildman–Crippen LogP) is 4.46. The molecule has 4 nitrogen and oxygen atoms in total. The summed E-state index contributed by atoms with van der Waals surface area (Å²) >= 11 is 0. The Bertz CT molecular complexity index is 984. The van der Waals surface area contributed by atoms with Gasteiger partial charge < -0.3 is 11.1 Å². The second kappa shape index (κ2) is 7.82. The van der Waals surface area contributed by atoms with Crippen molar-refractivity contribution in [2.75, 3.05) is 11.1 Å². The highest BCUT2D eigenvalue weighted by Gasteiger charge is 2.07. The first-order valence-corrected chi connectivity index (χ1v) is 8.10. The molecule has 0 saturated heterocycles. The normalized spacial score (nSPS) is 10.4. The molecule has 3 rings (SSSR count). The summed E-state index contributed by atoms with van der Waals surface area (Å²) in [5, 5.41) is 12.1. The summed E-state index contributed by atoms with van der Waals surface area (Å²) in [6.07, 6.45) is 3.13. The lowest BCUT2D eigenvalue weighted by atomic mass is 10.0. The second-order valence-electron chi connectivity index (χ2n) is 5.73. The van der Waals surface area contributed by atoms with Crippen molar-refractivity contribution in [2.45, 2.75) is 0 Å². The van der Waals surface area contributed by atoms with Crippen LogP contribution in [0.1, 0.15) is 11.1 Å². The number of nitrogens with zero attached hydrogens (tertiary/aromatic N) is 1. The Morgan fingerprint density at radius 2 is 1.69 bits per heavy atom. The number of nitrogens with two attached hydrogens (primary N) is 1. The summed E-state index contributed by atoms with van der Waals surface area (Å²) in [5.41, 5.74) is 10.0. The van der Waals surface area contributed by atoms with E-state index < -0.39 is 0 Å². The summed E-state index contributed by atoms with van der Waals surface area (Å²) < 4.78 is 0. The van der Waals surface area contributed by atoms with Gasteiger partial charge in [0.05, 0.1) is 11.3 Å². The lowest BCUT2D eigenvalue weighted by Gasteiger charge is -2.08. The van der Waals surface area contributed by atoms with Crippen molar-refractivity contribution >= 4 is 23.4 Å². The molecule has 3 aromatic rings. The number of rotatable bonds is 4. The van der Waals surface area contributed by atoms with Gasteiger partial charge in [-0.05, 0) is 47.0 Å². The number of hydrogen-bond donors (Lipinski definition) is 2. The number of benzene rings is 3. The van der Waals surface area contributed by atoms with E-state index in [-0.39, 0.29) is 5.91 Å². The highest BCUT2D eigenvalue weighted by Crippen LogP contribution is 2.25. The van der Waals surface area contributed by atoms with Crippen LogP contribution in [-0.2, 0) is 4.79 Å². The first kappa shape index (κ1) is 17.0. The van der Waals surface area contributed by atoms with Crippen LogP contribution >= 0.6 is 0 Å². The van der Waals surface area contributed by atoms with Crippen LogP contribution in [0, 0.1) is 11.3 Å². The molecular weight excluding hydrogens is 322 g/mol. The fourth-order valence-corrected chi connectivity index (χ4v) is 2.51. The van der Waals surface area contributed by atoms with E-state index >= 15 is 0 Å². The molecule has 4 heteroatoms. The molecular formula is C22H17N3O. The van der Waals surface area contributed by atoms with Crippen LogP contribution in [-0.4, -0.2) is 5.91 Å². The number of hydrogen-bond acceptors (Lipinski definition) is 3. The molecule has 3 N–H and O–H groups in total. The molecule has 0 spiro atoms. The Kier molecular flexibility index (Phi) is 5.11. The van der Waals surface area contributed by atoms with Gasteiger partial charge in [0.15, 0.2) is 0 Å². The third-order valence-corrected chi connectivity index (χ3v) is 3.87. The zero-order chi connectivity index (χ0) is 18.4. The number of nitrogens with one attached hydrogen (secondary N) is 1. The quantitative estimate of drug-likeness (QED) is 0.544. The molecule has 0 radical (unpaired) electrons. The van der Waals surface area contributed by atoms with E-state index in [1.54, 1.807) is 24.3 Å². The van der Waals surface area contributed by atoms with Crippen molar-refractivity contribution < 1.29 is 4.79 Å². The van der Waals surface area contributed by atoms with Gasteiger partial charge in [-0.15, -0.1) is 0 Å². The number of nitrogen functional groups attached to an aromatic ring is 1. The standard InChI is InChI=1S/C22H17N3O/c23-15-19-10-9-18(17-4-2-1-3-5-17)14-21(19)25-22(26)13-8-16-6-11-20(24)12-7-16/h1-14H,24H2,(H,25,26)/b13-8+. The molecule has 0 unspecified atom stereocenters. The van der Waals surface area contributed by atoms with Crippen LogP contribution in [0.15, 0.2) is 78.9 Å². The molecule has 126 valence electrons. The zero-order valence-corrected chi connectivity index (χ0v) is 14.0. The summed E-state index contributed by atoms with van der Waals surface area (Å²) in [6.45, 7) is 0. The monoisotopic (exact) mass is 339 g/mol. The van der Waals surface area contributed by atoms with E-state index in [0.717, 1.165) is 16.7 Å². The van der Waals surface area contributed by atoms with Crippen molar-refractivity contribution in [1.82, 2.24) is 0 Å².